The minimum absolute atomic E-state index is 0.118. The highest BCUT2D eigenvalue weighted by atomic mass is 32.2. The summed E-state index contributed by atoms with van der Waals surface area (Å²) in [4.78, 5) is 13.4. The fourth-order valence-electron chi connectivity index (χ4n) is 4.66. The number of aliphatic hydroxyl groups is 1. The first-order valence-electron chi connectivity index (χ1n) is 13.2. The Kier molecular flexibility index (Phi) is 6.95. The summed E-state index contributed by atoms with van der Waals surface area (Å²) in [6.07, 6.45) is 14.1. The van der Waals surface area contributed by atoms with Crippen molar-refractivity contribution in [2.45, 2.75) is 55.9 Å². The third kappa shape index (κ3) is 5.83. The maximum absolute atomic E-state index is 12.5. The summed E-state index contributed by atoms with van der Waals surface area (Å²) >= 11 is 0. The molecule has 12 nitrogen and oxygen atoms in total. The van der Waals surface area contributed by atoms with E-state index in [0.717, 1.165) is 40.2 Å². The largest absolute Gasteiger partial charge is 0.393 e. The summed E-state index contributed by atoms with van der Waals surface area (Å²) < 4.78 is 27.7. The van der Waals surface area contributed by atoms with Gasteiger partial charge in [0.25, 0.3) is 10.0 Å². The van der Waals surface area contributed by atoms with Gasteiger partial charge in [0.1, 0.15) is 11.6 Å². The quantitative estimate of drug-likeness (QED) is 0.288. The molecule has 0 amide bonds. The minimum atomic E-state index is -3.47. The molecule has 0 aromatic carbocycles. The number of nitrogens with zero attached hydrogens (tertiary/aromatic N) is 7. The van der Waals surface area contributed by atoms with Crippen molar-refractivity contribution >= 4 is 27.3 Å². The molecule has 2 atom stereocenters. The van der Waals surface area contributed by atoms with Crippen LogP contribution in [-0.2, 0) is 17.1 Å². The number of nitrogens with one attached hydrogen (secondary N) is 2. The number of hydrogen-bond donors (Lipinski definition) is 3. The van der Waals surface area contributed by atoms with Gasteiger partial charge in [0.2, 0.25) is 0 Å². The van der Waals surface area contributed by atoms with Gasteiger partial charge in [-0.3, -0.25) is 4.68 Å². The number of rotatable bonds is 7. The first-order valence-corrected chi connectivity index (χ1v) is 14.7. The zero-order chi connectivity index (χ0) is 27.7. The maximum atomic E-state index is 12.5. The lowest BCUT2D eigenvalue weighted by molar-refractivity contribution is 0.124. The summed E-state index contributed by atoms with van der Waals surface area (Å²) in [5.74, 6) is 7.70. The molecule has 0 unspecified atom stereocenters. The molecule has 13 heteroatoms. The van der Waals surface area contributed by atoms with Crippen molar-refractivity contribution < 1.29 is 13.5 Å². The van der Waals surface area contributed by atoms with E-state index < -0.39 is 10.0 Å². The molecule has 0 saturated heterocycles. The summed E-state index contributed by atoms with van der Waals surface area (Å²) in [5.41, 5.74) is 2.82. The van der Waals surface area contributed by atoms with Crippen LogP contribution in [0.5, 0.6) is 0 Å². The van der Waals surface area contributed by atoms with Crippen LogP contribution < -0.4 is 10.6 Å². The lowest BCUT2D eigenvalue weighted by atomic mass is 9.92. The van der Waals surface area contributed by atoms with Gasteiger partial charge in [-0.25, -0.2) is 23.4 Å². The van der Waals surface area contributed by atoms with E-state index in [2.05, 4.69) is 47.6 Å². The Morgan fingerprint density at radius 3 is 2.67 bits per heavy atom. The van der Waals surface area contributed by atoms with Gasteiger partial charge in [-0.05, 0) is 44.6 Å². The van der Waals surface area contributed by atoms with Crippen LogP contribution >= 0.6 is 0 Å². The molecule has 0 bridgehead atoms. The van der Waals surface area contributed by atoms with Crippen LogP contribution in [0.4, 0.5) is 17.3 Å². The molecule has 0 aliphatic heterocycles. The Labute approximate surface area is 231 Å². The second kappa shape index (κ2) is 10.7. The summed E-state index contributed by atoms with van der Waals surface area (Å²) in [7, 11) is -1.63. The molecule has 206 valence electrons. The number of aliphatic hydroxyl groups excluding tert-OH is 1. The first kappa shape index (κ1) is 26.0. The van der Waals surface area contributed by atoms with Gasteiger partial charge in [0.15, 0.2) is 5.82 Å². The predicted octanol–water partition coefficient (Wildman–Crippen LogP) is 2.67. The van der Waals surface area contributed by atoms with E-state index in [1.807, 2.05) is 19.3 Å². The molecule has 2 saturated carbocycles. The molecule has 4 aromatic rings. The standard InChI is InChI=1S/C27H29N9O3S/c1-35-16-18(13-30-35)5-6-19-14-29-26(12-24(19)32-21-3-2-4-22(37)11-21)33-25-9-10-28-27(34-25)20-15-31-36(17-20)40(38,39)23-7-8-23/h9-10,12-17,21-23,37H,2-4,7-8,11H2,1H3,(H2,28,29,32,33,34)/t21-,22+/m0/s1. The molecule has 0 spiro atoms. The van der Waals surface area contributed by atoms with E-state index in [4.69, 9.17) is 0 Å². The van der Waals surface area contributed by atoms with Crippen molar-refractivity contribution in [3.05, 3.63) is 60.4 Å². The molecule has 2 aliphatic carbocycles. The van der Waals surface area contributed by atoms with Crippen LogP contribution in [0.25, 0.3) is 11.4 Å². The van der Waals surface area contributed by atoms with Crippen LogP contribution in [0.2, 0.25) is 0 Å². The van der Waals surface area contributed by atoms with Crippen molar-refractivity contribution in [2.24, 2.45) is 7.05 Å². The zero-order valence-electron chi connectivity index (χ0n) is 21.9. The lowest BCUT2D eigenvalue weighted by Crippen LogP contribution is -2.30. The molecule has 2 fully saturated rings. The van der Waals surface area contributed by atoms with Gasteiger partial charge < -0.3 is 15.7 Å². The Bertz CT molecular complexity index is 1700. The molecule has 3 N–H and O–H groups in total. The highest BCUT2D eigenvalue weighted by molar-refractivity contribution is 7.90. The average Bonchev–Trinajstić information content (AvgIpc) is 3.53. The zero-order valence-corrected chi connectivity index (χ0v) is 22.7. The van der Waals surface area contributed by atoms with Gasteiger partial charge in [-0.1, -0.05) is 11.8 Å². The van der Waals surface area contributed by atoms with Gasteiger partial charge >= 0.3 is 0 Å². The molecular formula is C27H29N9O3S. The topological polar surface area (TPSA) is 153 Å². The smallest absolute Gasteiger partial charge is 0.256 e. The van der Waals surface area contributed by atoms with Gasteiger partial charge in [-0.2, -0.15) is 14.3 Å². The molecular weight excluding hydrogens is 530 g/mol. The molecule has 0 radical (unpaired) electrons. The molecule has 4 aromatic heterocycles. The van der Waals surface area contributed by atoms with E-state index in [-0.39, 0.29) is 17.4 Å². The predicted molar refractivity (Wildman–Crippen MR) is 149 cm³/mol. The highest BCUT2D eigenvalue weighted by Gasteiger charge is 2.37. The number of hydrogen-bond acceptors (Lipinski definition) is 10. The van der Waals surface area contributed by atoms with Crippen LogP contribution in [0.3, 0.4) is 0 Å². The van der Waals surface area contributed by atoms with Crippen molar-refractivity contribution in [3.63, 3.8) is 0 Å². The van der Waals surface area contributed by atoms with Crippen LogP contribution in [0.1, 0.15) is 49.7 Å². The lowest BCUT2D eigenvalue weighted by Gasteiger charge is -2.28. The summed E-state index contributed by atoms with van der Waals surface area (Å²) in [6.45, 7) is 0. The van der Waals surface area contributed by atoms with Gasteiger partial charge in [0, 0.05) is 37.7 Å². The third-order valence-electron chi connectivity index (χ3n) is 6.89. The normalized spacial score (nSPS) is 19.1. The third-order valence-corrected chi connectivity index (χ3v) is 8.93. The monoisotopic (exact) mass is 559 g/mol. The van der Waals surface area contributed by atoms with Gasteiger partial charge in [0.05, 0.1) is 52.3 Å². The Morgan fingerprint density at radius 2 is 1.90 bits per heavy atom. The van der Waals surface area contributed by atoms with Crippen molar-refractivity contribution in [1.29, 1.82) is 0 Å². The SMILES string of the molecule is Cn1cc(C#Cc2cnc(Nc3ccnc(-c4cnn(S(=O)(=O)C5CC5)c4)n3)cc2N[C@H]2CCC[C@@H](O)C2)cn1. The van der Waals surface area contributed by atoms with E-state index in [1.54, 1.807) is 29.3 Å². The fourth-order valence-corrected chi connectivity index (χ4v) is 6.14. The Hall–Kier alpha value is -4.28. The molecule has 6 rings (SSSR count). The van der Waals surface area contributed by atoms with E-state index in [9.17, 15) is 13.5 Å². The average molecular weight is 560 g/mol. The number of aryl methyl sites for hydroxylation is 1. The number of pyridine rings is 1. The molecule has 2 aliphatic rings. The van der Waals surface area contributed by atoms with Crippen LogP contribution in [0, 0.1) is 11.8 Å². The Morgan fingerprint density at radius 1 is 1.02 bits per heavy atom. The van der Waals surface area contributed by atoms with Crippen molar-refractivity contribution in [2.75, 3.05) is 10.6 Å². The second-order valence-corrected chi connectivity index (χ2v) is 12.2. The van der Waals surface area contributed by atoms with Gasteiger partial charge in [-0.15, -0.1) is 0 Å². The summed E-state index contributed by atoms with van der Waals surface area (Å²) in [6, 6.07) is 3.69. The van der Waals surface area contributed by atoms with E-state index >= 15 is 0 Å². The highest BCUT2D eigenvalue weighted by Crippen LogP contribution is 2.30. The first-order chi connectivity index (χ1) is 19.3. The van der Waals surface area contributed by atoms with Crippen molar-refractivity contribution in [1.82, 2.24) is 33.9 Å². The van der Waals surface area contributed by atoms with E-state index in [0.29, 0.717) is 42.3 Å². The van der Waals surface area contributed by atoms with Crippen LogP contribution in [0.15, 0.2) is 49.3 Å². The van der Waals surface area contributed by atoms with Crippen LogP contribution in [-0.4, -0.2) is 64.8 Å². The number of aromatic nitrogens is 7. The fraction of sp³-hybridized carbons (Fsp3) is 0.370. The maximum Gasteiger partial charge on any atom is 0.256 e. The van der Waals surface area contributed by atoms with E-state index in [1.165, 1.54) is 12.4 Å². The molecule has 40 heavy (non-hydrogen) atoms. The second-order valence-electron chi connectivity index (χ2n) is 10.2. The minimum Gasteiger partial charge on any atom is -0.393 e. The summed E-state index contributed by atoms with van der Waals surface area (Å²) in [5, 5.41) is 24.8. The van der Waals surface area contributed by atoms with Crippen molar-refractivity contribution in [3.8, 4) is 23.2 Å². The number of anilines is 3. The molecule has 4 heterocycles. The Balaban J connectivity index is 1.25.